The Morgan fingerprint density at radius 3 is 2.38 bits per heavy atom. The molecule has 5 heteroatoms. The van der Waals surface area contributed by atoms with E-state index in [0.717, 1.165) is 25.7 Å². The quantitative estimate of drug-likeness (QED) is 0.641. The van der Waals surface area contributed by atoms with Crippen LogP contribution in [0.4, 0.5) is 0 Å². The van der Waals surface area contributed by atoms with E-state index in [2.05, 4.69) is 5.32 Å². The zero-order chi connectivity index (χ0) is 12.1. The van der Waals surface area contributed by atoms with Crippen molar-refractivity contribution in [2.45, 2.75) is 51.2 Å². The molecular weight excluding hydrogens is 210 g/mol. The highest BCUT2D eigenvalue weighted by Crippen LogP contribution is 2.27. The van der Waals surface area contributed by atoms with Crippen molar-refractivity contribution in [2.75, 3.05) is 0 Å². The van der Waals surface area contributed by atoms with Gasteiger partial charge in [0.15, 0.2) is 6.04 Å². The van der Waals surface area contributed by atoms with Gasteiger partial charge >= 0.3 is 5.97 Å². The predicted octanol–water partition coefficient (Wildman–Crippen LogP) is 0.517. The fourth-order valence-electron chi connectivity index (χ4n) is 2.10. The Labute approximate surface area is 94.8 Å². The summed E-state index contributed by atoms with van der Waals surface area (Å²) in [7, 11) is 0. The minimum atomic E-state index is -1.20. The summed E-state index contributed by atoms with van der Waals surface area (Å²) in [5.41, 5.74) is 0. The van der Waals surface area contributed by atoms with Crippen molar-refractivity contribution in [3.63, 3.8) is 0 Å². The van der Waals surface area contributed by atoms with Gasteiger partial charge in [-0.05, 0) is 25.7 Å². The lowest BCUT2D eigenvalue weighted by atomic mass is 10.0. The van der Waals surface area contributed by atoms with E-state index in [-0.39, 0.29) is 5.91 Å². The lowest BCUT2D eigenvalue weighted by molar-refractivity contribution is -0.144. The molecule has 5 nitrogen and oxygen atoms in total. The number of hydrogen-bond donors (Lipinski definition) is 3. The number of carboxylic acids is 1. The van der Waals surface area contributed by atoms with Gasteiger partial charge in [0, 0.05) is 6.42 Å². The molecule has 0 radical (unpaired) electrons. The van der Waals surface area contributed by atoms with Gasteiger partial charge in [-0.1, -0.05) is 12.8 Å². The molecule has 16 heavy (non-hydrogen) atoms. The Kier molecular flexibility index (Phi) is 4.73. The maximum atomic E-state index is 11.5. The largest absolute Gasteiger partial charge is 0.480 e. The Balaban J connectivity index is 2.38. The number of hydrogen-bond acceptors (Lipinski definition) is 3. The van der Waals surface area contributed by atoms with Crippen LogP contribution in [-0.4, -0.2) is 34.2 Å². The number of carboxylic acid groups (broad SMARTS) is 1. The standard InChI is InChI=1S/C11H19NO4/c1-7(13)10(11(15)16)12-9(14)6-8-4-2-3-5-8/h7-8,10,13H,2-6H2,1H3,(H,12,14)(H,15,16). The van der Waals surface area contributed by atoms with E-state index >= 15 is 0 Å². The minimum Gasteiger partial charge on any atom is -0.480 e. The molecule has 3 N–H and O–H groups in total. The minimum absolute atomic E-state index is 0.278. The molecule has 1 amide bonds. The highest BCUT2D eigenvalue weighted by molar-refractivity contribution is 5.84. The van der Waals surface area contributed by atoms with Crippen LogP contribution in [0.3, 0.4) is 0 Å². The van der Waals surface area contributed by atoms with Crippen LogP contribution < -0.4 is 5.32 Å². The summed E-state index contributed by atoms with van der Waals surface area (Å²) in [6, 6.07) is -1.20. The van der Waals surface area contributed by atoms with Crippen LogP contribution in [0.15, 0.2) is 0 Å². The molecule has 0 aliphatic heterocycles. The van der Waals surface area contributed by atoms with Crippen LogP contribution in [0.25, 0.3) is 0 Å². The van der Waals surface area contributed by atoms with Crippen LogP contribution in [0.2, 0.25) is 0 Å². The number of aliphatic carboxylic acids is 1. The van der Waals surface area contributed by atoms with Gasteiger partial charge in [0.25, 0.3) is 0 Å². The van der Waals surface area contributed by atoms with E-state index in [9.17, 15) is 14.7 Å². The van der Waals surface area contributed by atoms with Gasteiger partial charge in [-0.15, -0.1) is 0 Å². The van der Waals surface area contributed by atoms with Crippen molar-refractivity contribution < 1.29 is 19.8 Å². The molecule has 0 spiro atoms. The average molecular weight is 229 g/mol. The number of nitrogens with one attached hydrogen (secondary N) is 1. The van der Waals surface area contributed by atoms with E-state index < -0.39 is 18.1 Å². The highest BCUT2D eigenvalue weighted by atomic mass is 16.4. The molecule has 2 atom stereocenters. The summed E-state index contributed by atoms with van der Waals surface area (Å²) in [4.78, 5) is 22.3. The van der Waals surface area contributed by atoms with Crippen molar-refractivity contribution in [2.24, 2.45) is 5.92 Å². The monoisotopic (exact) mass is 229 g/mol. The maximum Gasteiger partial charge on any atom is 0.328 e. The first-order valence-corrected chi connectivity index (χ1v) is 5.71. The van der Waals surface area contributed by atoms with Crippen molar-refractivity contribution in [3.8, 4) is 0 Å². The summed E-state index contributed by atoms with van der Waals surface area (Å²) in [6.07, 6.45) is 3.67. The van der Waals surface area contributed by atoms with Gasteiger partial charge in [-0.25, -0.2) is 4.79 Å². The van der Waals surface area contributed by atoms with Crippen LogP contribution >= 0.6 is 0 Å². The third-order valence-electron chi connectivity index (χ3n) is 3.01. The van der Waals surface area contributed by atoms with E-state index in [1.807, 2.05) is 0 Å². The second kappa shape index (κ2) is 5.84. The second-order valence-corrected chi connectivity index (χ2v) is 4.48. The summed E-state index contributed by atoms with van der Waals surface area (Å²) in [5.74, 6) is -1.10. The molecule has 0 saturated heterocycles. The van der Waals surface area contributed by atoms with E-state index in [1.54, 1.807) is 0 Å². The summed E-state index contributed by atoms with van der Waals surface area (Å²) >= 11 is 0. The SMILES string of the molecule is CC(O)C(NC(=O)CC1CCCC1)C(=O)O. The molecule has 1 fully saturated rings. The number of aliphatic hydroxyl groups excluding tert-OH is 1. The number of carbonyl (C=O) groups excluding carboxylic acids is 1. The number of carbonyl (C=O) groups is 2. The molecule has 2 unspecified atom stereocenters. The lowest BCUT2D eigenvalue weighted by Crippen LogP contribution is -2.47. The lowest BCUT2D eigenvalue weighted by Gasteiger charge is -2.18. The Morgan fingerprint density at radius 2 is 1.94 bits per heavy atom. The van der Waals surface area contributed by atoms with E-state index in [4.69, 9.17) is 5.11 Å². The Morgan fingerprint density at radius 1 is 1.38 bits per heavy atom. The normalized spacial score (nSPS) is 20.4. The first kappa shape index (κ1) is 13.0. The van der Waals surface area contributed by atoms with Gasteiger partial charge in [0.2, 0.25) is 5.91 Å². The zero-order valence-electron chi connectivity index (χ0n) is 9.48. The first-order chi connectivity index (χ1) is 7.50. The molecule has 0 bridgehead atoms. The first-order valence-electron chi connectivity index (χ1n) is 5.71. The Hall–Kier alpha value is -1.10. The second-order valence-electron chi connectivity index (χ2n) is 4.48. The van der Waals surface area contributed by atoms with Crippen molar-refractivity contribution in [1.82, 2.24) is 5.32 Å². The molecule has 1 saturated carbocycles. The van der Waals surface area contributed by atoms with E-state index in [0.29, 0.717) is 12.3 Å². The summed E-state index contributed by atoms with van der Waals surface area (Å²) in [6.45, 7) is 1.36. The van der Waals surface area contributed by atoms with Gasteiger partial charge in [-0.2, -0.15) is 0 Å². The molecule has 92 valence electrons. The number of amides is 1. The fourth-order valence-corrected chi connectivity index (χ4v) is 2.10. The topological polar surface area (TPSA) is 86.6 Å². The van der Waals surface area contributed by atoms with Crippen molar-refractivity contribution in [1.29, 1.82) is 0 Å². The van der Waals surface area contributed by atoms with Crippen molar-refractivity contribution in [3.05, 3.63) is 0 Å². The Bertz CT molecular complexity index is 259. The average Bonchev–Trinajstić information content (AvgIpc) is 2.65. The third-order valence-corrected chi connectivity index (χ3v) is 3.01. The number of aliphatic hydroxyl groups is 1. The van der Waals surface area contributed by atoms with Gasteiger partial charge < -0.3 is 15.5 Å². The molecule has 1 rings (SSSR count). The molecule has 0 aromatic carbocycles. The van der Waals surface area contributed by atoms with E-state index in [1.165, 1.54) is 6.92 Å². The smallest absolute Gasteiger partial charge is 0.328 e. The van der Waals surface area contributed by atoms with Gasteiger partial charge in [0.05, 0.1) is 6.10 Å². The van der Waals surface area contributed by atoms with Gasteiger partial charge in [0.1, 0.15) is 0 Å². The maximum absolute atomic E-state index is 11.5. The zero-order valence-corrected chi connectivity index (χ0v) is 9.48. The van der Waals surface area contributed by atoms with Crippen LogP contribution in [0.5, 0.6) is 0 Å². The molecular formula is C11H19NO4. The summed E-state index contributed by atoms with van der Waals surface area (Å²) in [5, 5.41) is 20.3. The van der Waals surface area contributed by atoms with Crippen molar-refractivity contribution >= 4 is 11.9 Å². The number of rotatable bonds is 5. The fraction of sp³-hybridized carbons (Fsp3) is 0.818. The summed E-state index contributed by atoms with van der Waals surface area (Å²) < 4.78 is 0. The van der Waals surface area contributed by atoms with Crippen LogP contribution in [-0.2, 0) is 9.59 Å². The highest BCUT2D eigenvalue weighted by Gasteiger charge is 2.26. The van der Waals surface area contributed by atoms with Gasteiger partial charge in [-0.3, -0.25) is 4.79 Å². The molecule has 0 aromatic rings. The molecule has 0 heterocycles. The van der Waals surface area contributed by atoms with Crippen LogP contribution in [0.1, 0.15) is 39.0 Å². The molecule has 0 aromatic heterocycles. The third kappa shape index (κ3) is 3.81. The molecule has 1 aliphatic carbocycles. The molecule has 1 aliphatic rings. The predicted molar refractivity (Wildman–Crippen MR) is 57.8 cm³/mol. The van der Waals surface area contributed by atoms with Crippen LogP contribution in [0, 0.1) is 5.92 Å².